The van der Waals surface area contributed by atoms with Crippen LogP contribution in [0.4, 0.5) is 4.79 Å². The first-order chi connectivity index (χ1) is 11.6. The maximum Gasteiger partial charge on any atom is 0.324 e. The summed E-state index contributed by atoms with van der Waals surface area (Å²) < 4.78 is 0. The third-order valence-electron chi connectivity index (χ3n) is 4.47. The van der Waals surface area contributed by atoms with E-state index in [0.717, 1.165) is 36.4 Å². The van der Waals surface area contributed by atoms with Crippen LogP contribution in [0.2, 0.25) is 0 Å². The van der Waals surface area contributed by atoms with Crippen molar-refractivity contribution in [1.82, 2.24) is 20.9 Å². The zero-order valence-corrected chi connectivity index (χ0v) is 13.5. The molecule has 7 nitrogen and oxygen atoms in total. The van der Waals surface area contributed by atoms with Crippen LogP contribution in [0.15, 0.2) is 24.3 Å². The summed E-state index contributed by atoms with van der Waals surface area (Å²) in [6, 6.07) is 6.65. The quantitative estimate of drug-likeness (QED) is 0.661. The lowest BCUT2D eigenvalue weighted by atomic mass is 10.1. The van der Waals surface area contributed by atoms with Gasteiger partial charge in [0.2, 0.25) is 5.91 Å². The van der Waals surface area contributed by atoms with Crippen LogP contribution in [0.3, 0.4) is 0 Å². The van der Waals surface area contributed by atoms with Crippen molar-refractivity contribution in [2.24, 2.45) is 5.92 Å². The second-order valence-electron chi connectivity index (χ2n) is 6.24. The van der Waals surface area contributed by atoms with Gasteiger partial charge in [0.25, 0.3) is 5.91 Å². The van der Waals surface area contributed by atoms with Crippen LogP contribution in [-0.2, 0) is 11.3 Å². The van der Waals surface area contributed by atoms with E-state index in [1.165, 1.54) is 0 Å². The fraction of sp³-hybridized carbons (Fsp3) is 0.471. The zero-order chi connectivity index (χ0) is 16.9. The molecule has 0 radical (unpaired) electrons. The van der Waals surface area contributed by atoms with E-state index in [9.17, 15) is 14.4 Å². The number of imide groups is 1. The van der Waals surface area contributed by atoms with Crippen LogP contribution < -0.4 is 16.0 Å². The lowest BCUT2D eigenvalue weighted by molar-refractivity contribution is -0.125. The van der Waals surface area contributed by atoms with Crippen LogP contribution >= 0.6 is 0 Å². The van der Waals surface area contributed by atoms with Crippen molar-refractivity contribution >= 4 is 17.8 Å². The molecule has 0 aromatic heterocycles. The minimum atomic E-state index is -0.389. The number of carbonyl (C=O) groups excluding carboxylic acids is 3. The van der Waals surface area contributed by atoms with Crippen molar-refractivity contribution in [3.05, 3.63) is 35.4 Å². The van der Waals surface area contributed by atoms with Gasteiger partial charge < -0.3 is 16.0 Å². The molecule has 0 bridgehead atoms. The van der Waals surface area contributed by atoms with Gasteiger partial charge in [0.05, 0.1) is 13.1 Å². The topological polar surface area (TPSA) is 90.5 Å². The molecule has 3 N–H and O–H groups in total. The molecule has 0 saturated carbocycles. The van der Waals surface area contributed by atoms with Gasteiger partial charge in [0, 0.05) is 12.1 Å². The number of hydrogen-bond acceptors (Lipinski definition) is 4. The van der Waals surface area contributed by atoms with E-state index in [4.69, 9.17) is 0 Å². The summed E-state index contributed by atoms with van der Waals surface area (Å²) in [7, 11) is 0. The molecule has 2 fully saturated rings. The minimum absolute atomic E-state index is 0.0367. The van der Waals surface area contributed by atoms with Crippen molar-refractivity contribution in [1.29, 1.82) is 0 Å². The third kappa shape index (κ3) is 3.91. The molecule has 2 heterocycles. The van der Waals surface area contributed by atoms with Gasteiger partial charge in [-0.1, -0.05) is 12.1 Å². The van der Waals surface area contributed by atoms with E-state index >= 15 is 0 Å². The van der Waals surface area contributed by atoms with Gasteiger partial charge in [0.15, 0.2) is 0 Å². The standard InChI is InChI=1S/C17H22N4O3/c22-15-10-20-17(24)21(15)11-13-2-1-3-14(8-13)16(23)19-7-5-12-4-6-18-9-12/h1-3,8,12,18H,4-7,9-11H2,(H,19,23)(H,20,24). The van der Waals surface area contributed by atoms with Gasteiger partial charge in [-0.05, 0) is 49.5 Å². The Hall–Kier alpha value is -2.41. The Balaban J connectivity index is 1.54. The molecule has 1 aromatic carbocycles. The first kappa shape index (κ1) is 16.4. The van der Waals surface area contributed by atoms with Crippen molar-refractivity contribution in [3.63, 3.8) is 0 Å². The van der Waals surface area contributed by atoms with Crippen LogP contribution in [-0.4, -0.2) is 48.9 Å². The number of hydrogen-bond donors (Lipinski definition) is 3. The fourth-order valence-electron chi connectivity index (χ4n) is 3.06. The van der Waals surface area contributed by atoms with Gasteiger partial charge in [-0.3, -0.25) is 14.5 Å². The average molecular weight is 330 g/mol. The van der Waals surface area contributed by atoms with Crippen molar-refractivity contribution < 1.29 is 14.4 Å². The Kier molecular flexibility index (Phi) is 5.10. The van der Waals surface area contributed by atoms with E-state index in [1.807, 2.05) is 0 Å². The molecule has 4 amide bonds. The molecule has 0 aliphatic carbocycles. The van der Waals surface area contributed by atoms with Crippen molar-refractivity contribution in [3.8, 4) is 0 Å². The summed E-state index contributed by atoms with van der Waals surface area (Å²) in [6.45, 7) is 2.96. The second-order valence-corrected chi connectivity index (χ2v) is 6.24. The molecular formula is C17H22N4O3. The molecule has 1 aromatic rings. The Morgan fingerprint density at radius 3 is 2.92 bits per heavy atom. The van der Waals surface area contributed by atoms with E-state index in [1.54, 1.807) is 24.3 Å². The number of rotatable bonds is 6. The number of carbonyl (C=O) groups is 3. The summed E-state index contributed by atoms with van der Waals surface area (Å²) in [6.07, 6.45) is 2.14. The maximum atomic E-state index is 12.2. The summed E-state index contributed by atoms with van der Waals surface area (Å²) in [5.41, 5.74) is 1.30. The number of urea groups is 1. The molecule has 2 aliphatic heterocycles. The molecule has 24 heavy (non-hydrogen) atoms. The maximum absolute atomic E-state index is 12.2. The monoisotopic (exact) mass is 330 g/mol. The highest BCUT2D eigenvalue weighted by Gasteiger charge is 2.28. The Morgan fingerprint density at radius 2 is 2.21 bits per heavy atom. The van der Waals surface area contributed by atoms with Crippen LogP contribution in [0.1, 0.15) is 28.8 Å². The van der Waals surface area contributed by atoms with Gasteiger partial charge in [0.1, 0.15) is 0 Å². The Labute approximate surface area is 140 Å². The summed E-state index contributed by atoms with van der Waals surface area (Å²) >= 11 is 0. The van der Waals surface area contributed by atoms with Gasteiger partial charge in [-0.2, -0.15) is 0 Å². The van der Waals surface area contributed by atoms with Gasteiger partial charge in [-0.25, -0.2) is 4.79 Å². The molecule has 1 atom stereocenters. The minimum Gasteiger partial charge on any atom is -0.352 e. The average Bonchev–Trinajstić information content (AvgIpc) is 3.20. The number of benzene rings is 1. The lowest BCUT2D eigenvalue weighted by Gasteiger charge is -2.13. The molecule has 128 valence electrons. The van der Waals surface area contributed by atoms with E-state index < -0.39 is 0 Å². The number of nitrogens with one attached hydrogen (secondary N) is 3. The van der Waals surface area contributed by atoms with Crippen LogP contribution in [0, 0.1) is 5.92 Å². The number of amides is 4. The molecule has 0 spiro atoms. The van der Waals surface area contributed by atoms with Crippen LogP contribution in [0.25, 0.3) is 0 Å². The molecule has 1 unspecified atom stereocenters. The predicted octanol–water partition coefficient (Wildman–Crippen LogP) is 0.468. The molecular weight excluding hydrogens is 308 g/mol. The summed E-state index contributed by atoms with van der Waals surface area (Å²) in [5.74, 6) is 0.261. The fourth-order valence-corrected chi connectivity index (χ4v) is 3.06. The highest BCUT2D eigenvalue weighted by molar-refractivity contribution is 6.02. The van der Waals surface area contributed by atoms with E-state index in [2.05, 4.69) is 16.0 Å². The molecule has 7 heteroatoms. The Bertz CT molecular complexity index is 624. The van der Waals surface area contributed by atoms with Gasteiger partial charge >= 0.3 is 6.03 Å². The first-order valence-corrected chi connectivity index (χ1v) is 8.29. The second kappa shape index (κ2) is 7.44. The van der Waals surface area contributed by atoms with Crippen LogP contribution in [0.5, 0.6) is 0 Å². The smallest absolute Gasteiger partial charge is 0.324 e. The highest BCUT2D eigenvalue weighted by Crippen LogP contribution is 2.13. The lowest BCUT2D eigenvalue weighted by Crippen LogP contribution is -2.30. The zero-order valence-electron chi connectivity index (χ0n) is 13.5. The van der Waals surface area contributed by atoms with E-state index in [0.29, 0.717) is 18.0 Å². The Morgan fingerprint density at radius 1 is 1.33 bits per heavy atom. The first-order valence-electron chi connectivity index (χ1n) is 8.29. The van der Waals surface area contributed by atoms with E-state index in [-0.39, 0.29) is 30.9 Å². The molecule has 3 rings (SSSR count). The van der Waals surface area contributed by atoms with Gasteiger partial charge in [-0.15, -0.1) is 0 Å². The molecule has 2 saturated heterocycles. The molecule has 2 aliphatic rings. The van der Waals surface area contributed by atoms with Crippen molar-refractivity contribution in [2.75, 3.05) is 26.2 Å². The summed E-state index contributed by atoms with van der Waals surface area (Å²) in [5, 5.41) is 8.74. The third-order valence-corrected chi connectivity index (χ3v) is 4.47. The SMILES string of the molecule is O=C(NCCC1CCNC1)c1cccc(CN2C(=O)CNC2=O)c1. The highest BCUT2D eigenvalue weighted by atomic mass is 16.2. The normalized spacial score (nSPS) is 20.3. The number of nitrogens with zero attached hydrogens (tertiary/aromatic N) is 1. The summed E-state index contributed by atoms with van der Waals surface area (Å²) in [4.78, 5) is 36.6. The van der Waals surface area contributed by atoms with Crippen molar-refractivity contribution in [2.45, 2.75) is 19.4 Å². The largest absolute Gasteiger partial charge is 0.352 e. The predicted molar refractivity (Wildman–Crippen MR) is 88.3 cm³/mol.